The summed E-state index contributed by atoms with van der Waals surface area (Å²) >= 11 is 5.66. The highest BCUT2D eigenvalue weighted by atomic mass is 35.5. The molecule has 0 aliphatic carbocycles. The van der Waals surface area contributed by atoms with Gasteiger partial charge in [0.25, 0.3) is 0 Å². The van der Waals surface area contributed by atoms with Crippen LogP contribution in [0.4, 0.5) is 0 Å². The van der Waals surface area contributed by atoms with Crippen LogP contribution in [0, 0.1) is 6.07 Å². The van der Waals surface area contributed by atoms with Crippen molar-refractivity contribution in [2.24, 2.45) is 0 Å². The Kier molecular flexibility index (Phi) is 3.68. The standard InChI is InChI=1S/C10H10ClO5S2/c11-8-2-1-3-9(6-8)18(14,15)10-7-16-4-5-17(10,12)13/h1,3,6,10H,4-5,7H2. The van der Waals surface area contributed by atoms with Crippen molar-refractivity contribution in [2.45, 2.75) is 9.48 Å². The van der Waals surface area contributed by atoms with E-state index in [9.17, 15) is 16.8 Å². The fraction of sp³-hybridized carbons (Fsp3) is 0.400. The van der Waals surface area contributed by atoms with Gasteiger partial charge in [0.2, 0.25) is 0 Å². The van der Waals surface area contributed by atoms with Crippen molar-refractivity contribution in [1.82, 2.24) is 0 Å². The summed E-state index contributed by atoms with van der Waals surface area (Å²) in [7, 11) is -7.72. The third-order valence-electron chi connectivity index (χ3n) is 2.58. The van der Waals surface area contributed by atoms with Crippen LogP contribution >= 0.6 is 11.6 Å². The molecule has 1 heterocycles. The minimum atomic E-state index is -4.01. The molecular formula is C10H10ClO5S2. The molecule has 0 bridgehead atoms. The fourth-order valence-corrected chi connectivity index (χ4v) is 6.07. The number of hydrogen-bond acceptors (Lipinski definition) is 5. The van der Waals surface area contributed by atoms with Gasteiger partial charge in [0.1, 0.15) is 0 Å². The predicted molar refractivity (Wildman–Crippen MR) is 65.9 cm³/mol. The minimum Gasteiger partial charge on any atom is -0.378 e. The molecule has 99 valence electrons. The molecule has 0 N–H and O–H groups in total. The Morgan fingerprint density at radius 1 is 1.44 bits per heavy atom. The molecule has 1 fully saturated rings. The van der Waals surface area contributed by atoms with E-state index in [0.29, 0.717) is 0 Å². The van der Waals surface area contributed by atoms with Crippen molar-refractivity contribution in [2.75, 3.05) is 19.0 Å². The van der Waals surface area contributed by atoms with Gasteiger partial charge in [-0.25, -0.2) is 16.8 Å². The van der Waals surface area contributed by atoms with Gasteiger partial charge in [-0.2, -0.15) is 0 Å². The average molecular weight is 310 g/mol. The van der Waals surface area contributed by atoms with Crippen LogP contribution in [-0.4, -0.2) is 40.4 Å². The molecule has 1 radical (unpaired) electrons. The average Bonchev–Trinajstić information content (AvgIpc) is 2.28. The summed E-state index contributed by atoms with van der Waals surface area (Å²) in [6.07, 6.45) is 0. The quantitative estimate of drug-likeness (QED) is 0.803. The molecule has 1 unspecified atom stereocenters. The summed E-state index contributed by atoms with van der Waals surface area (Å²) in [4.78, 5) is -0.134. The molecule has 18 heavy (non-hydrogen) atoms. The largest absolute Gasteiger partial charge is 0.378 e. The summed E-state index contributed by atoms with van der Waals surface area (Å²) in [6.45, 7) is -0.321. The molecule has 1 saturated heterocycles. The highest BCUT2D eigenvalue weighted by molar-refractivity contribution is 8.09. The van der Waals surface area contributed by atoms with Crippen LogP contribution in [0.3, 0.4) is 0 Å². The van der Waals surface area contributed by atoms with Gasteiger partial charge in [-0.1, -0.05) is 17.7 Å². The first-order valence-electron chi connectivity index (χ1n) is 5.04. The Bertz CT molecular complexity index is 651. The van der Waals surface area contributed by atoms with Crippen molar-refractivity contribution in [3.63, 3.8) is 0 Å². The van der Waals surface area contributed by atoms with Crippen LogP contribution in [0.15, 0.2) is 23.1 Å². The first-order valence-corrected chi connectivity index (χ1v) is 8.68. The second-order valence-corrected chi connectivity index (χ2v) is 8.93. The van der Waals surface area contributed by atoms with Crippen LogP contribution in [0.5, 0.6) is 0 Å². The smallest absolute Gasteiger partial charge is 0.197 e. The van der Waals surface area contributed by atoms with Gasteiger partial charge in [0.05, 0.1) is 23.9 Å². The van der Waals surface area contributed by atoms with Gasteiger partial charge >= 0.3 is 0 Å². The molecule has 8 heteroatoms. The lowest BCUT2D eigenvalue weighted by Gasteiger charge is -2.22. The predicted octanol–water partition coefficient (Wildman–Crippen LogP) is 0.685. The molecule has 0 spiro atoms. The molecule has 1 aromatic rings. The van der Waals surface area contributed by atoms with E-state index in [-0.39, 0.29) is 28.9 Å². The maximum atomic E-state index is 12.2. The van der Waals surface area contributed by atoms with E-state index in [1.54, 1.807) is 0 Å². The van der Waals surface area contributed by atoms with E-state index in [1.165, 1.54) is 18.2 Å². The first kappa shape index (κ1) is 13.8. The highest BCUT2D eigenvalue weighted by Crippen LogP contribution is 2.25. The molecule has 0 saturated carbocycles. The van der Waals surface area contributed by atoms with Crippen molar-refractivity contribution in [3.05, 3.63) is 29.3 Å². The maximum absolute atomic E-state index is 12.2. The lowest BCUT2D eigenvalue weighted by molar-refractivity contribution is 0.149. The Hall–Kier alpha value is -0.630. The number of sulfone groups is 2. The maximum Gasteiger partial charge on any atom is 0.197 e. The molecule has 1 aliphatic heterocycles. The molecule has 0 aromatic heterocycles. The van der Waals surface area contributed by atoms with E-state index >= 15 is 0 Å². The Morgan fingerprint density at radius 2 is 2.17 bits per heavy atom. The zero-order valence-corrected chi connectivity index (χ0v) is 11.6. The molecule has 2 rings (SSSR count). The second-order valence-electron chi connectivity index (χ2n) is 3.79. The Morgan fingerprint density at radius 3 is 2.78 bits per heavy atom. The number of benzene rings is 1. The van der Waals surface area contributed by atoms with Crippen LogP contribution < -0.4 is 0 Å². The van der Waals surface area contributed by atoms with Crippen LogP contribution in [0.2, 0.25) is 5.02 Å². The van der Waals surface area contributed by atoms with E-state index in [4.69, 9.17) is 16.3 Å². The lowest BCUT2D eigenvalue weighted by Crippen LogP contribution is -2.41. The Labute approximate surface area is 111 Å². The normalized spacial score (nSPS) is 23.7. The van der Waals surface area contributed by atoms with Crippen LogP contribution in [0.25, 0.3) is 0 Å². The topological polar surface area (TPSA) is 77.5 Å². The molecule has 1 aromatic carbocycles. The fourth-order valence-electron chi connectivity index (χ4n) is 1.62. The van der Waals surface area contributed by atoms with E-state index < -0.39 is 24.3 Å². The summed E-state index contributed by atoms with van der Waals surface area (Å²) in [5.74, 6) is -0.288. The second kappa shape index (κ2) is 4.80. The van der Waals surface area contributed by atoms with Crippen molar-refractivity contribution >= 4 is 31.3 Å². The monoisotopic (exact) mass is 309 g/mol. The summed E-state index contributed by atoms with van der Waals surface area (Å²) in [6, 6.07) is 6.38. The lowest BCUT2D eigenvalue weighted by atomic mass is 10.4. The Balaban J connectivity index is 2.49. The van der Waals surface area contributed by atoms with Crippen molar-refractivity contribution < 1.29 is 21.6 Å². The van der Waals surface area contributed by atoms with E-state index in [2.05, 4.69) is 6.07 Å². The van der Waals surface area contributed by atoms with E-state index in [0.717, 1.165) is 0 Å². The zero-order chi connectivity index (χ0) is 13.4. The van der Waals surface area contributed by atoms with E-state index in [1.807, 2.05) is 0 Å². The number of rotatable bonds is 2. The molecule has 1 aliphatic rings. The molecular weight excluding hydrogens is 300 g/mol. The van der Waals surface area contributed by atoms with Gasteiger partial charge in [-0.05, 0) is 12.1 Å². The van der Waals surface area contributed by atoms with Crippen molar-refractivity contribution in [1.29, 1.82) is 0 Å². The molecule has 1 atom stereocenters. The summed E-state index contributed by atoms with van der Waals surface area (Å²) in [5, 5.41) is 0.116. The van der Waals surface area contributed by atoms with Gasteiger partial charge in [0.15, 0.2) is 24.3 Å². The summed E-state index contributed by atoms with van der Waals surface area (Å²) < 4.78 is 51.4. The van der Waals surface area contributed by atoms with Crippen LogP contribution in [-0.2, 0) is 24.4 Å². The molecule has 0 amide bonds. The third-order valence-corrected chi connectivity index (χ3v) is 7.85. The van der Waals surface area contributed by atoms with Gasteiger partial charge < -0.3 is 4.74 Å². The number of halogens is 1. The molecule has 5 nitrogen and oxygen atoms in total. The third kappa shape index (κ3) is 2.54. The summed E-state index contributed by atoms with van der Waals surface area (Å²) in [5.41, 5.74) is 0. The SMILES string of the molecule is O=S1(=O)CCOCC1S(=O)(=O)c1cc[c]c(Cl)c1. The van der Waals surface area contributed by atoms with Gasteiger partial charge in [0, 0.05) is 11.1 Å². The van der Waals surface area contributed by atoms with Crippen LogP contribution in [0.1, 0.15) is 0 Å². The number of hydrogen-bond donors (Lipinski definition) is 0. The number of ether oxygens (including phenoxy) is 1. The minimum absolute atomic E-state index is 0.0255. The first-order chi connectivity index (χ1) is 8.34. The zero-order valence-electron chi connectivity index (χ0n) is 9.17. The highest BCUT2D eigenvalue weighted by Gasteiger charge is 2.41. The van der Waals surface area contributed by atoms with Crippen molar-refractivity contribution in [3.8, 4) is 0 Å². The van der Waals surface area contributed by atoms with Gasteiger partial charge in [-0.3, -0.25) is 0 Å². The van der Waals surface area contributed by atoms with Gasteiger partial charge in [-0.15, -0.1) is 0 Å².